The molecule has 1 aromatic rings. The Morgan fingerprint density at radius 3 is 2.94 bits per heavy atom. The number of nitrogens with zero attached hydrogens (tertiary/aromatic N) is 2. The van der Waals surface area contributed by atoms with E-state index in [-0.39, 0.29) is 5.56 Å². The summed E-state index contributed by atoms with van der Waals surface area (Å²) in [6, 6.07) is 0.472. The third-order valence-corrected chi connectivity index (χ3v) is 3.90. The van der Waals surface area contributed by atoms with Crippen LogP contribution in [0.1, 0.15) is 26.2 Å². The summed E-state index contributed by atoms with van der Waals surface area (Å²) in [6.07, 6.45) is 5.30. The van der Waals surface area contributed by atoms with Crippen molar-refractivity contribution in [1.29, 1.82) is 0 Å². The number of anilines is 1. The molecule has 0 bridgehead atoms. The van der Waals surface area contributed by atoms with Crippen LogP contribution in [-0.2, 0) is 7.05 Å². The van der Waals surface area contributed by atoms with Crippen LogP contribution in [0.5, 0.6) is 0 Å². The minimum absolute atomic E-state index is 0.101. The van der Waals surface area contributed by atoms with Crippen molar-refractivity contribution in [2.75, 3.05) is 5.32 Å². The average molecular weight is 286 g/mol. The van der Waals surface area contributed by atoms with Crippen molar-refractivity contribution in [3.05, 3.63) is 21.0 Å². The molecule has 0 amide bonds. The first-order valence-electron chi connectivity index (χ1n) is 5.56. The van der Waals surface area contributed by atoms with Gasteiger partial charge in [-0.2, -0.15) is 5.10 Å². The molecule has 0 aromatic carbocycles. The summed E-state index contributed by atoms with van der Waals surface area (Å²) in [6.45, 7) is 2.26. The van der Waals surface area contributed by atoms with Gasteiger partial charge in [-0.15, -0.1) is 0 Å². The molecule has 2 unspecified atom stereocenters. The molecule has 0 saturated heterocycles. The molecule has 1 N–H and O–H groups in total. The molecule has 0 aliphatic heterocycles. The predicted octanol–water partition coefficient (Wildman–Crippen LogP) is 2.14. The zero-order chi connectivity index (χ0) is 11.7. The fourth-order valence-electron chi connectivity index (χ4n) is 2.17. The van der Waals surface area contributed by atoms with Gasteiger partial charge in [-0.1, -0.05) is 6.92 Å². The van der Waals surface area contributed by atoms with E-state index in [2.05, 4.69) is 33.3 Å². The van der Waals surface area contributed by atoms with E-state index in [0.29, 0.717) is 10.5 Å². The van der Waals surface area contributed by atoms with Gasteiger partial charge in [-0.25, -0.2) is 4.68 Å². The number of rotatable bonds is 2. The van der Waals surface area contributed by atoms with E-state index in [4.69, 9.17) is 0 Å². The minimum atomic E-state index is -0.101. The van der Waals surface area contributed by atoms with E-state index in [0.717, 1.165) is 11.6 Å². The molecule has 88 valence electrons. The number of aryl methyl sites for hydroxylation is 1. The van der Waals surface area contributed by atoms with Crippen LogP contribution in [-0.4, -0.2) is 15.8 Å². The maximum atomic E-state index is 11.6. The Kier molecular flexibility index (Phi) is 3.33. The molecule has 1 aliphatic rings. The standard InChI is InChI=1S/C11H16BrN3O/c1-7-3-4-8(5-7)14-9-6-13-15(2)11(16)10(9)12/h6-8,14H,3-5H2,1-2H3. The van der Waals surface area contributed by atoms with Gasteiger partial charge in [0.2, 0.25) is 0 Å². The first kappa shape index (κ1) is 11.6. The van der Waals surface area contributed by atoms with E-state index in [1.807, 2.05) is 0 Å². The van der Waals surface area contributed by atoms with Crippen LogP contribution < -0.4 is 10.9 Å². The zero-order valence-corrected chi connectivity index (χ0v) is 11.1. The number of halogens is 1. The average Bonchev–Trinajstić information content (AvgIpc) is 2.65. The molecular weight excluding hydrogens is 270 g/mol. The smallest absolute Gasteiger partial charge is 0.282 e. The molecule has 16 heavy (non-hydrogen) atoms. The molecular formula is C11H16BrN3O. The van der Waals surface area contributed by atoms with Crippen molar-refractivity contribution in [1.82, 2.24) is 9.78 Å². The highest BCUT2D eigenvalue weighted by Gasteiger charge is 2.22. The Labute approximate surface area is 103 Å². The molecule has 1 aromatic heterocycles. The lowest BCUT2D eigenvalue weighted by molar-refractivity contribution is 0.602. The fraction of sp³-hybridized carbons (Fsp3) is 0.636. The molecule has 5 heteroatoms. The molecule has 2 atom stereocenters. The number of nitrogens with one attached hydrogen (secondary N) is 1. The Bertz CT molecular complexity index is 443. The first-order chi connectivity index (χ1) is 7.58. The lowest BCUT2D eigenvalue weighted by atomic mass is 10.1. The van der Waals surface area contributed by atoms with Crippen LogP contribution in [0.25, 0.3) is 0 Å². The van der Waals surface area contributed by atoms with Gasteiger partial charge in [-0.3, -0.25) is 4.79 Å². The molecule has 2 rings (SSSR count). The third-order valence-electron chi connectivity index (χ3n) is 3.13. The Balaban J connectivity index is 2.16. The Hall–Kier alpha value is -0.840. The van der Waals surface area contributed by atoms with Crippen LogP contribution in [0.15, 0.2) is 15.5 Å². The number of aromatic nitrogens is 2. The molecule has 1 fully saturated rings. The van der Waals surface area contributed by atoms with Gasteiger partial charge in [-0.05, 0) is 41.1 Å². The summed E-state index contributed by atoms with van der Waals surface area (Å²) in [5, 5.41) is 7.40. The highest BCUT2D eigenvalue weighted by atomic mass is 79.9. The normalized spacial score (nSPS) is 24.7. The summed E-state index contributed by atoms with van der Waals surface area (Å²) in [5.74, 6) is 0.774. The molecule has 1 aliphatic carbocycles. The van der Waals surface area contributed by atoms with Crippen molar-refractivity contribution >= 4 is 21.6 Å². The lowest BCUT2D eigenvalue weighted by Gasteiger charge is -2.14. The molecule has 0 radical (unpaired) electrons. The minimum Gasteiger partial charge on any atom is -0.380 e. The quantitative estimate of drug-likeness (QED) is 0.906. The zero-order valence-electron chi connectivity index (χ0n) is 9.53. The van der Waals surface area contributed by atoms with Crippen molar-refractivity contribution < 1.29 is 0 Å². The Morgan fingerprint density at radius 1 is 1.56 bits per heavy atom. The maximum absolute atomic E-state index is 11.6. The largest absolute Gasteiger partial charge is 0.380 e. The predicted molar refractivity (Wildman–Crippen MR) is 67.6 cm³/mol. The summed E-state index contributed by atoms with van der Waals surface area (Å²) in [5.41, 5.74) is 0.707. The van der Waals surface area contributed by atoms with Crippen LogP contribution in [0.2, 0.25) is 0 Å². The monoisotopic (exact) mass is 285 g/mol. The van der Waals surface area contributed by atoms with Gasteiger partial charge < -0.3 is 5.32 Å². The van der Waals surface area contributed by atoms with E-state index < -0.39 is 0 Å². The SMILES string of the molecule is CC1CCC(Nc2cnn(C)c(=O)c2Br)C1. The summed E-state index contributed by atoms with van der Waals surface area (Å²) >= 11 is 3.32. The van der Waals surface area contributed by atoms with E-state index in [9.17, 15) is 4.79 Å². The van der Waals surface area contributed by atoms with E-state index in [1.165, 1.54) is 23.9 Å². The molecule has 1 heterocycles. The highest BCUT2D eigenvalue weighted by Crippen LogP contribution is 2.28. The third kappa shape index (κ3) is 2.29. The van der Waals surface area contributed by atoms with Crippen LogP contribution in [0, 0.1) is 5.92 Å². The highest BCUT2D eigenvalue weighted by molar-refractivity contribution is 9.10. The van der Waals surface area contributed by atoms with E-state index in [1.54, 1.807) is 13.2 Å². The van der Waals surface area contributed by atoms with Crippen LogP contribution in [0.3, 0.4) is 0 Å². The van der Waals surface area contributed by atoms with Gasteiger partial charge in [0.25, 0.3) is 5.56 Å². The maximum Gasteiger partial charge on any atom is 0.282 e. The van der Waals surface area contributed by atoms with Gasteiger partial charge >= 0.3 is 0 Å². The number of hydrogen-bond donors (Lipinski definition) is 1. The topological polar surface area (TPSA) is 46.9 Å². The lowest BCUT2D eigenvalue weighted by Crippen LogP contribution is -2.24. The van der Waals surface area contributed by atoms with Crippen molar-refractivity contribution in [2.24, 2.45) is 13.0 Å². The van der Waals surface area contributed by atoms with E-state index >= 15 is 0 Å². The fourth-order valence-corrected chi connectivity index (χ4v) is 2.64. The summed E-state index contributed by atoms with van der Waals surface area (Å²) in [4.78, 5) is 11.6. The first-order valence-corrected chi connectivity index (χ1v) is 6.35. The molecule has 4 nitrogen and oxygen atoms in total. The second-order valence-electron chi connectivity index (χ2n) is 4.56. The van der Waals surface area contributed by atoms with Crippen LogP contribution in [0.4, 0.5) is 5.69 Å². The molecule has 1 saturated carbocycles. The van der Waals surface area contributed by atoms with Crippen molar-refractivity contribution in [3.8, 4) is 0 Å². The van der Waals surface area contributed by atoms with Crippen LogP contribution >= 0.6 is 15.9 Å². The number of hydrogen-bond acceptors (Lipinski definition) is 3. The van der Waals surface area contributed by atoms with Gasteiger partial charge in [0.15, 0.2) is 0 Å². The summed E-state index contributed by atoms with van der Waals surface area (Å²) < 4.78 is 1.90. The second kappa shape index (κ2) is 4.57. The van der Waals surface area contributed by atoms with Crippen molar-refractivity contribution in [3.63, 3.8) is 0 Å². The van der Waals surface area contributed by atoms with Crippen molar-refractivity contribution in [2.45, 2.75) is 32.2 Å². The summed E-state index contributed by atoms with van der Waals surface area (Å²) in [7, 11) is 1.65. The van der Waals surface area contributed by atoms with Gasteiger partial charge in [0, 0.05) is 13.1 Å². The Morgan fingerprint density at radius 2 is 2.31 bits per heavy atom. The molecule has 0 spiro atoms. The second-order valence-corrected chi connectivity index (χ2v) is 5.35. The van der Waals surface area contributed by atoms with Gasteiger partial charge in [0.1, 0.15) is 4.47 Å². The van der Waals surface area contributed by atoms with Gasteiger partial charge in [0.05, 0.1) is 11.9 Å².